The number of furan rings is 1. The van der Waals surface area contributed by atoms with E-state index in [9.17, 15) is 9.18 Å². The van der Waals surface area contributed by atoms with Gasteiger partial charge in [-0.1, -0.05) is 6.07 Å². The minimum atomic E-state index is -0.447. The number of halogens is 1. The van der Waals surface area contributed by atoms with Crippen molar-refractivity contribution in [2.45, 2.75) is 20.0 Å². The molecule has 2 aliphatic heterocycles. The average Bonchev–Trinajstić information content (AvgIpc) is 3.38. The molecule has 0 atom stereocenters. The van der Waals surface area contributed by atoms with Crippen LogP contribution in [0.2, 0.25) is 0 Å². The molecule has 0 aliphatic carbocycles. The second kappa shape index (κ2) is 8.99. The van der Waals surface area contributed by atoms with Gasteiger partial charge in [-0.3, -0.25) is 9.78 Å². The molecule has 0 spiro atoms. The van der Waals surface area contributed by atoms with E-state index in [2.05, 4.69) is 20.2 Å². The molecular formula is C24H23FN4O3S. The molecule has 0 radical (unpaired) electrons. The Balaban J connectivity index is 1.43. The van der Waals surface area contributed by atoms with Crippen LogP contribution in [-0.4, -0.2) is 53.2 Å². The number of piperazine rings is 1. The number of ether oxygens (including phenoxy) is 1. The minimum Gasteiger partial charge on any atom is -0.488 e. The van der Waals surface area contributed by atoms with Crippen LogP contribution in [-0.2, 0) is 4.79 Å². The highest BCUT2D eigenvalue weighted by Gasteiger charge is 2.27. The zero-order chi connectivity index (χ0) is 22.9. The third kappa shape index (κ3) is 4.51. The fourth-order valence-electron chi connectivity index (χ4n) is 3.80. The van der Waals surface area contributed by atoms with Gasteiger partial charge in [-0.15, -0.1) is 0 Å². The Kier molecular flexibility index (Phi) is 5.90. The van der Waals surface area contributed by atoms with E-state index < -0.39 is 5.82 Å². The van der Waals surface area contributed by atoms with Crippen molar-refractivity contribution >= 4 is 39.9 Å². The van der Waals surface area contributed by atoms with Crippen LogP contribution in [0.5, 0.6) is 5.75 Å². The molecule has 0 saturated carbocycles. The van der Waals surface area contributed by atoms with Crippen molar-refractivity contribution in [3.05, 3.63) is 53.1 Å². The molecule has 3 aromatic rings. The van der Waals surface area contributed by atoms with Gasteiger partial charge in [0.05, 0.1) is 11.0 Å². The van der Waals surface area contributed by atoms with Crippen molar-refractivity contribution in [1.29, 1.82) is 0 Å². The lowest BCUT2D eigenvalue weighted by Crippen LogP contribution is -2.45. The number of thioether (sulfide) groups is 1. The van der Waals surface area contributed by atoms with Crippen molar-refractivity contribution in [1.82, 2.24) is 15.2 Å². The summed E-state index contributed by atoms with van der Waals surface area (Å²) in [5.74, 6) is 0.00991. The molecule has 1 N–H and O–H groups in total. The van der Waals surface area contributed by atoms with Crippen LogP contribution in [0.3, 0.4) is 0 Å². The van der Waals surface area contributed by atoms with Gasteiger partial charge in [-0.25, -0.2) is 4.39 Å². The fourth-order valence-corrected chi connectivity index (χ4v) is 4.74. The average molecular weight is 467 g/mol. The second-order valence-electron chi connectivity index (χ2n) is 8.11. The van der Waals surface area contributed by atoms with E-state index in [0.29, 0.717) is 27.4 Å². The maximum absolute atomic E-state index is 14.6. The molecule has 5 rings (SSSR count). The minimum absolute atomic E-state index is 0.122. The van der Waals surface area contributed by atoms with Gasteiger partial charge in [-0.2, -0.15) is 4.99 Å². The molecule has 9 heteroatoms. The van der Waals surface area contributed by atoms with Crippen molar-refractivity contribution in [2.75, 3.05) is 26.2 Å². The summed E-state index contributed by atoms with van der Waals surface area (Å²) in [4.78, 5) is 23.6. The third-order valence-electron chi connectivity index (χ3n) is 5.32. The molecule has 2 aliphatic rings. The second-order valence-corrected chi connectivity index (χ2v) is 9.12. The molecule has 0 bridgehead atoms. The number of amidine groups is 1. The summed E-state index contributed by atoms with van der Waals surface area (Å²) in [6.45, 7) is 7.09. The summed E-state index contributed by atoms with van der Waals surface area (Å²) < 4.78 is 26.1. The van der Waals surface area contributed by atoms with E-state index in [1.54, 1.807) is 30.6 Å². The van der Waals surface area contributed by atoms with Crippen LogP contribution >= 0.6 is 11.8 Å². The highest BCUT2D eigenvalue weighted by Crippen LogP contribution is 2.35. The molecule has 170 valence electrons. The van der Waals surface area contributed by atoms with Crippen molar-refractivity contribution in [3.8, 4) is 16.9 Å². The van der Waals surface area contributed by atoms with Gasteiger partial charge >= 0.3 is 0 Å². The molecule has 1 fully saturated rings. The van der Waals surface area contributed by atoms with Gasteiger partial charge in [0.2, 0.25) is 0 Å². The van der Waals surface area contributed by atoms with Gasteiger partial charge in [0, 0.05) is 55.6 Å². The lowest BCUT2D eigenvalue weighted by molar-refractivity contribution is -0.113. The first-order chi connectivity index (χ1) is 16.0. The maximum Gasteiger partial charge on any atom is 0.286 e. The molecule has 33 heavy (non-hydrogen) atoms. The smallest absolute Gasteiger partial charge is 0.286 e. The zero-order valence-corrected chi connectivity index (χ0v) is 19.1. The summed E-state index contributed by atoms with van der Waals surface area (Å²) >= 11 is 1.36. The number of nitrogens with zero attached hydrogens (tertiary/aromatic N) is 3. The number of fused-ring (bicyclic) bond motifs is 1. The number of nitrogens with one attached hydrogen (secondary N) is 1. The number of rotatable bonds is 4. The van der Waals surface area contributed by atoms with Gasteiger partial charge < -0.3 is 19.4 Å². The Morgan fingerprint density at radius 1 is 1.24 bits per heavy atom. The summed E-state index contributed by atoms with van der Waals surface area (Å²) in [7, 11) is 0. The number of hydrogen-bond acceptors (Lipinski definition) is 7. The summed E-state index contributed by atoms with van der Waals surface area (Å²) in [6.07, 6.45) is 4.91. The van der Waals surface area contributed by atoms with Crippen LogP contribution < -0.4 is 10.1 Å². The van der Waals surface area contributed by atoms with Crippen LogP contribution in [0.1, 0.15) is 19.6 Å². The summed E-state index contributed by atoms with van der Waals surface area (Å²) in [5.41, 5.74) is 1.87. The Bertz CT molecular complexity index is 1280. The molecule has 7 nitrogen and oxygen atoms in total. The van der Waals surface area contributed by atoms with E-state index in [1.165, 1.54) is 17.8 Å². The number of carbonyl (C=O) groups is 1. The number of benzene rings is 1. The molecule has 1 amide bonds. The Morgan fingerprint density at radius 2 is 2.06 bits per heavy atom. The van der Waals surface area contributed by atoms with Crippen LogP contribution in [0, 0.1) is 5.82 Å². The normalized spacial score (nSPS) is 17.9. The molecule has 0 unspecified atom stereocenters. The van der Waals surface area contributed by atoms with E-state index in [-0.39, 0.29) is 17.8 Å². The van der Waals surface area contributed by atoms with Crippen molar-refractivity contribution < 1.29 is 18.3 Å². The van der Waals surface area contributed by atoms with E-state index in [0.717, 1.165) is 36.7 Å². The maximum atomic E-state index is 14.6. The Hall–Kier alpha value is -3.17. The number of aromatic nitrogens is 1. The van der Waals surface area contributed by atoms with Gasteiger partial charge in [0.25, 0.3) is 5.91 Å². The summed E-state index contributed by atoms with van der Waals surface area (Å²) in [6, 6.07) is 6.63. The number of hydrogen-bond donors (Lipinski definition) is 1. The van der Waals surface area contributed by atoms with Gasteiger partial charge in [-0.05, 0) is 49.4 Å². The number of carbonyl (C=O) groups excluding carboxylic acids is 1. The number of pyridine rings is 1. The quantitative estimate of drug-likeness (QED) is 0.575. The first-order valence-corrected chi connectivity index (χ1v) is 11.6. The largest absolute Gasteiger partial charge is 0.488 e. The highest BCUT2D eigenvalue weighted by atomic mass is 32.2. The standard InChI is InChI=1S/C24H23FN4O3S/c1-14(2)31-20-4-3-15(10-19(20)25)18-13-27-12-16-9-17(32-22(16)18)11-21-23(30)28-24(33-21)29-7-5-26-6-8-29/h3-4,9-14,26H,5-8H2,1-2H3/b21-11+. The van der Waals surface area contributed by atoms with Crippen molar-refractivity contribution in [2.24, 2.45) is 4.99 Å². The van der Waals surface area contributed by atoms with Gasteiger partial charge in [0.15, 0.2) is 16.7 Å². The Labute approximate surface area is 194 Å². The predicted octanol–water partition coefficient (Wildman–Crippen LogP) is 4.30. The zero-order valence-electron chi connectivity index (χ0n) is 18.3. The van der Waals surface area contributed by atoms with E-state index >= 15 is 0 Å². The number of amides is 1. The van der Waals surface area contributed by atoms with E-state index in [1.807, 2.05) is 19.9 Å². The Morgan fingerprint density at radius 3 is 2.82 bits per heavy atom. The highest BCUT2D eigenvalue weighted by molar-refractivity contribution is 8.18. The van der Waals surface area contributed by atoms with Crippen molar-refractivity contribution in [3.63, 3.8) is 0 Å². The molecule has 1 saturated heterocycles. The molecule has 4 heterocycles. The van der Waals surface area contributed by atoms with Gasteiger partial charge in [0.1, 0.15) is 11.3 Å². The molecular weight excluding hydrogens is 443 g/mol. The first kappa shape index (κ1) is 21.7. The lowest BCUT2D eigenvalue weighted by Gasteiger charge is -2.27. The topological polar surface area (TPSA) is 80.0 Å². The first-order valence-electron chi connectivity index (χ1n) is 10.8. The SMILES string of the molecule is CC(C)Oc1ccc(-c2cncc3cc(/C=C4/SC(N5CCNCC5)=NC4=O)oc23)cc1F. The van der Waals surface area contributed by atoms with Crippen LogP contribution in [0.25, 0.3) is 28.2 Å². The summed E-state index contributed by atoms with van der Waals surface area (Å²) in [5, 5.41) is 4.78. The predicted molar refractivity (Wildman–Crippen MR) is 128 cm³/mol. The third-order valence-corrected chi connectivity index (χ3v) is 6.36. The fraction of sp³-hybridized carbons (Fsp3) is 0.292. The monoisotopic (exact) mass is 466 g/mol. The lowest BCUT2D eigenvalue weighted by atomic mass is 10.1. The molecule has 1 aromatic carbocycles. The van der Waals surface area contributed by atoms with Crippen LogP contribution in [0.15, 0.2) is 51.0 Å². The number of aliphatic imine (C=N–C) groups is 1. The van der Waals surface area contributed by atoms with E-state index in [4.69, 9.17) is 9.15 Å². The molecule has 2 aromatic heterocycles. The van der Waals surface area contributed by atoms with Crippen LogP contribution in [0.4, 0.5) is 4.39 Å².